The molecule has 0 fully saturated rings. The molecule has 0 aliphatic carbocycles. The highest BCUT2D eigenvalue weighted by Crippen LogP contribution is 2.10. The van der Waals surface area contributed by atoms with Crippen molar-refractivity contribution in [1.82, 2.24) is 0 Å². The molecular formula is C6H4N2OS. The maximum atomic E-state index is 8.37. The summed E-state index contributed by atoms with van der Waals surface area (Å²) >= 11 is 1.37. The molecule has 0 amide bonds. The molecule has 0 saturated carbocycles. The van der Waals surface area contributed by atoms with Gasteiger partial charge in [-0.05, 0) is 6.07 Å². The van der Waals surface area contributed by atoms with Crippen LogP contribution in [0.25, 0.3) is 0 Å². The van der Waals surface area contributed by atoms with E-state index in [1.807, 2.05) is 6.07 Å². The first-order valence-electron chi connectivity index (χ1n) is 2.53. The summed E-state index contributed by atoms with van der Waals surface area (Å²) in [5, 5.41) is 21.0. The van der Waals surface area contributed by atoms with E-state index < -0.39 is 0 Å². The Morgan fingerprint density at radius 1 is 1.80 bits per heavy atom. The molecule has 0 saturated heterocycles. The Bertz CT molecular complexity index is 284. The van der Waals surface area contributed by atoms with E-state index >= 15 is 0 Å². The van der Waals surface area contributed by atoms with Gasteiger partial charge in [0.1, 0.15) is 6.07 Å². The highest BCUT2D eigenvalue weighted by atomic mass is 32.1. The summed E-state index contributed by atoms with van der Waals surface area (Å²) in [6, 6.07) is 3.63. The van der Waals surface area contributed by atoms with Gasteiger partial charge in [-0.25, -0.2) is 0 Å². The van der Waals surface area contributed by atoms with Crippen LogP contribution < -0.4 is 0 Å². The number of nitrogens with zero attached hydrogens (tertiary/aromatic N) is 2. The molecule has 10 heavy (non-hydrogen) atoms. The van der Waals surface area contributed by atoms with E-state index in [4.69, 9.17) is 10.5 Å². The minimum atomic E-state index is 0.597. The smallest absolute Gasteiger partial charge is 0.100 e. The summed E-state index contributed by atoms with van der Waals surface area (Å²) in [4.78, 5) is 0.777. The van der Waals surface area contributed by atoms with Crippen molar-refractivity contribution in [3.8, 4) is 6.07 Å². The van der Waals surface area contributed by atoms with Gasteiger partial charge in [-0.2, -0.15) is 5.26 Å². The van der Waals surface area contributed by atoms with Crippen molar-refractivity contribution in [2.75, 3.05) is 0 Å². The fourth-order valence-electron chi connectivity index (χ4n) is 0.536. The van der Waals surface area contributed by atoms with Crippen molar-refractivity contribution >= 4 is 17.6 Å². The Morgan fingerprint density at radius 2 is 2.60 bits per heavy atom. The van der Waals surface area contributed by atoms with E-state index in [9.17, 15) is 0 Å². The zero-order chi connectivity index (χ0) is 7.40. The maximum absolute atomic E-state index is 8.37. The van der Waals surface area contributed by atoms with E-state index in [1.165, 1.54) is 17.6 Å². The standard InChI is InChI=1S/C6H4N2OS/c7-2-5-1-6(3-8-9)10-4-5/h1,3-4,9H. The number of oxime groups is 1. The van der Waals surface area contributed by atoms with Crippen LogP contribution in [-0.4, -0.2) is 11.4 Å². The average Bonchev–Trinajstić information content (AvgIpc) is 2.37. The molecule has 1 N–H and O–H groups in total. The zero-order valence-corrected chi connectivity index (χ0v) is 5.80. The van der Waals surface area contributed by atoms with Crippen molar-refractivity contribution < 1.29 is 5.21 Å². The molecule has 0 atom stereocenters. The van der Waals surface area contributed by atoms with Crippen molar-refractivity contribution in [1.29, 1.82) is 5.26 Å². The zero-order valence-electron chi connectivity index (χ0n) is 4.98. The molecular weight excluding hydrogens is 148 g/mol. The third kappa shape index (κ3) is 1.33. The Morgan fingerprint density at radius 3 is 3.10 bits per heavy atom. The van der Waals surface area contributed by atoms with Crippen LogP contribution in [0.3, 0.4) is 0 Å². The van der Waals surface area contributed by atoms with Crippen LogP contribution in [0.1, 0.15) is 10.4 Å². The monoisotopic (exact) mass is 152 g/mol. The molecule has 1 aromatic rings. The molecule has 0 unspecified atom stereocenters. The molecule has 3 nitrogen and oxygen atoms in total. The molecule has 0 aliphatic rings. The molecule has 1 aromatic heterocycles. The van der Waals surface area contributed by atoms with Gasteiger partial charge in [-0.1, -0.05) is 5.16 Å². The number of nitriles is 1. The summed E-state index contributed by atoms with van der Waals surface area (Å²) in [7, 11) is 0. The highest BCUT2D eigenvalue weighted by molar-refractivity contribution is 7.11. The lowest BCUT2D eigenvalue weighted by atomic mass is 10.3. The van der Waals surface area contributed by atoms with Crippen molar-refractivity contribution in [2.45, 2.75) is 0 Å². The molecule has 50 valence electrons. The van der Waals surface area contributed by atoms with Gasteiger partial charge in [0.25, 0.3) is 0 Å². The van der Waals surface area contributed by atoms with Gasteiger partial charge in [0, 0.05) is 10.3 Å². The summed E-state index contributed by atoms with van der Waals surface area (Å²) < 4.78 is 0. The van der Waals surface area contributed by atoms with Crippen molar-refractivity contribution in [3.05, 3.63) is 21.9 Å². The largest absolute Gasteiger partial charge is 0.411 e. The molecule has 0 aliphatic heterocycles. The fourth-order valence-corrected chi connectivity index (χ4v) is 1.22. The van der Waals surface area contributed by atoms with Gasteiger partial charge in [-0.3, -0.25) is 0 Å². The molecule has 0 bridgehead atoms. The van der Waals surface area contributed by atoms with Crippen LogP contribution in [0.15, 0.2) is 16.6 Å². The first kappa shape index (κ1) is 6.78. The second-order valence-corrected chi connectivity index (χ2v) is 2.54. The number of hydrogen-bond donors (Lipinski definition) is 1. The SMILES string of the molecule is N#Cc1csc(C=NO)c1. The van der Waals surface area contributed by atoms with E-state index in [1.54, 1.807) is 11.4 Å². The van der Waals surface area contributed by atoms with E-state index in [0.29, 0.717) is 5.56 Å². The first-order chi connectivity index (χ1) is 4.86. The maximum Gasteiger partial charge on any atom is 0.100 e. The predicted octanol–water partition coefficient (Wildman–Crippen LogP) is 1.43. The van der Waals surface area contributed by atoms with Crippen LogP contribution in [0, 0.1) is 11.3 Å². The summed E-state index contributed by atoms with van der Waals surface area (Å²) in [5.41, 5.74) is 0.597. The molecule has 1 heterocycles. The second kappa shape index (κ2) is 2.99. The quantitative estimate of drug-likeness (QED) is 0.376. The lowest BCUT2D eigenvalue weighted by Gasteiger charge is -1.74. The van der Waals surface area contributed by atoms with Gasteiger partial charge in [0.05, 0.1) is 11.8 Å². The summed E-state index contributed by atoms with van der Waals surface area (Å²) in [6.45, 7) is 0. The van der Waals surface area contributed by atoms with Gasteiger partial charge in [0.15, 0.2) is 0 Å². The van der Waals surface area contributed by atoms with Crippen LogP contribution in [0.5, 0.6) is 0 Å². The Kier molecular flexibility index (Phi) is 2.03. The molecule has 0 aromatic carbocycles. The van der Waals surface area contributed by atoms with Crippen LogP contribution in [-0.2, 0) is 0 Å². The van der Waals surface area contributed by atoms with Gasteiger partial charge in [-0.15, -0.1) is 11.3 Å². The van der Waals surface area contributed by atoms with Crippen LogP contribution >= 0.6 is 11.3 Å². The van der Waals surface area contributed by atoms with E-state index in [-0.39, 0.29) is 0 Å². The first-order valence-corrected chi connectivity index (χ1v) is 3.41. The van der Waals surface area contributed by atoms with E-state index in [2.05, 4.69) is 5.16 Å². The van der Waals surface area contributed by atoms with Crippen molar-refractivity contribution in [3.63, 3.8) is 0 Å². The highest BCUT2D eigenvalue weighted by Gasteiger charge is 1.93. The molecule has 0 spiro atoms. The average molecular weight is 152 g/mol. The van der Waals surface area contributed by atoms with Crippen molar-refractivity contribution in [2.24, 2.45) is 5.16 Å². The van der Waals surface area contributed by atoms with Crippen LogP contribution in [0.2, 0.25) is 0 Å². The third-order valence-electron chi connectivity index (χ3n) is 0.934. The Balaban J connectivity index is 2.91. The second-order valence-electron chi connectivity index (χ2n) is 1.59. The van der Waals surface area contributed by atoms with Gasteiger partial charge >= 0.3 is 0 Å². The Hall–Kier alpha value is -1.34. The minimum Gasteiger partial charge on any atom is -0.411 e. The number of thiophene rings is 1. The van der Waals surface area contributed by atoms with Gasteiger partial charge in [0.2, 0.25) is 0 Å². The normalized spacial score (nSPS) is 9.90. The lowest BCUT2D eigenvalue weighted by Crippen LogP contribution is -1.69. The molecule has 1 rings (SSSR count). The fraction of sp³-hybridized carbons (Fsp3) is 0. The number of hydrogen-bond acceptors (Lipinski definition) is 4. The predicted molar refractivity (Wildman–Crippen MR) is 38.4 cm³/mol. The molecule has 0 radical (unpaired) electrons. The summed E-state index contributed by atoms with van der Waals surface area (Å²) in [5.74, 6) is 0. The van der Waals surface area contributed by atoms with Gasteiger partial charge < -0.3 is 5.21 Å². The van der Waals surface area contributed by atoms with Crippen LogP contribution in [0.4, 0.5) is 0 Å². The topological polar surface area (TPSA) is 56.4 Å². The third-order valence-corrected chi connectivity index (χ3v) is 1.80. The number of rotatable bonds is 1. The Labute approximate surface area is 61.8 Å². The van der Waals surface area contributed by atoms with E-state index in [0.717, 1.165) is 4.88 Å². The minimum absolute atomic E-state index is 0.597. The lowest BCUT2D eigenvalue weighted by molar-refractivity contribution is 0.322. The summed E-state index contributed by atoms with van der Waals surface area (Å²) in [6.07, 6.45) is 1.30. The molecule has 4 heteroatoms.